The maximum Gasteiger partial charge on any atom is 0.219 e. The van der Waals surface area contributed by atoms with Gasteiger partial charge in [0.2, 0.25) is 5.88 Å². The van der Waals surface area contributed by atoms with Crippen molar-refractivity contribution in [1.82, 2.24) is 4.98 Å². The molecule has 0 atom stereocenters. The molecular weight excluding hydrogens is 451 g/mol. The Morgan fingerprint density at radius 1 is 1.09 bits per heavy atom. The van der Waals surface area contributed by atoms with E-state index < -0.39 is 0 Å². The van der Waals surface area contributed by atoms with Crippen LogP contribution >= 0.6 is 23.2 Å². The van der Waals surface area contributed by atoms with Crippen LogP contribution in [0.5, 0.6) is 17.4 Å². The first-order chi connectivity index (χ1) is 15.6. The number of aromatic nitrogens is 1. The van der Waals surface area contributed by atoms with Gasteiger partial charge < -0.3 is 14.3 Å². The Labute approximate surface area is 195 Å². The summed E-state index contributed by atoms with van der Waals surface area (Å²) in [6.45, 7) is 2.29. The molecule has 1 aromatic heterocycles. The number of nitrogens with zero attached hydrogens (tertiary/aromatic N) is 2. The minimum absolute atomic E-state index is 0.0825. The summed E-state index contributed by atoms with van der Waals surface area (Å²) in [7, 11) is 0. The van der Waals surface area contributed by atoms with E-state index in [2.05, 4.69) is 12.1 Å². The van der Waals surface area contributed by atoms with Gasteiger partial charge in [-0.2, -0.15) is 0 Å². The molecule has 0 amide bonds. The number of halogens is 2. The maximum absolute atomic E-state index is 10.7. The number of rotatable bonds is 8. The maximum atomic E-state index is 10.7. The standard InChI is InChI=1S/C24H20Cl2N2O4/c1-2-3-21-18(8-9-23(27-21)32-17-6-4-16(25)5-7-17)24-19-13-22(30-11-10-29)20(26)12-15(19)14-31-28-24/h4-10,12-13H,2-3,11,14H2,1H3. The number of carbonyl (C=O) groups excluding carboxylic acids is 1. The lowest BCUT2D eigenvalue weighted by atomic mass is 9.94. The molecule has 0 spiro atoms. The van der Waals surface area contributed by atoms with Crippen molar-refractivity contribution >= 4 is 35.2 Å². The van der Waals surface area contributed by atoms with Crippen LogP contribution in [0.3, 0.4) is 0 Å². The second-order valence-electron chi connectivity index (χ2n) is 7.08. The fourth-order valence-electron chi connectivity index (χ4n) is 3.38. The highest BCUT2D eigenvalue weighted by molar-refractivity contribution is 6.32. The van der Waals surface area contributed by atoms with Gasteiger partial charge in [0.15, 0.2) is 6.29 Å². The summed E-state index contributed by atoms with van der Waals surface area (Å²) >= 11 is 12.3. The summed E-state index contributed by atoms with van der Waals surface area (Å²) in [4.78, 5) is 20.9. The Kier molecular flexibility index (Phi) is 6.93. The smallest absolute Gasteiger partial charge is 0.219 e. The van der Waals surface area contributed by atoms with Crippen LogP contribution in [0.1, 0.15) is 35.7 Å². The van der Waals surface area contributed by atoms with E-state index in [9.17, 15) is 4.79 Å². The van der Waals surface area contributed by atoms with E-state index in [1.165, 1.54) is 0 Å². The van der Waals surface area contributed by atoms with E-state index in [0.717, 1.165) is 35.2 Å². The molecule has 3 aromatic rings. The van der Waals surface area contributed by atoms with Gasteiger partial charge in [-0.3, -0.25) is 4.79 Å². The molecule has 164 valence electrons. The molecule has 32 heavy (non-hydrogen) atoms. The van der Waals surface area contributed by atoms with E-state index in [4.69, 9.17) is 42.5 Å². The third-order valence-corrected chi connectivity index (χ3v) is 5.37. The zero-order valence-corrected chi connectivity index (χ0v) is 18.8. The predicted octanol–water partition coefficient (Wildman–Crippen LogP) is 5.99. The lowest BCUT2D eigenvalue weighted by Crippen LogP contribution is -2.16. The molecule has 0 fully saturated rings. The Morgan fingerprint density at radius 3 is 2.66 bits per heavy atom. The van der Waals surface area contributed by atoms with Gasteiger partial charge in [-0.1, -0.05) is 41.7 Å². The van der Waals surface area contributed by atoms with Crippen LogP contribution in [-0.4, -0.2) is 23.6 Å². The van der Waals surface area contributed by atoms with Gasteiger partial charge in [0.1, 0.15) is 30.4 Å². The third kappa shape index (κ3) is 4.87. The minimum Gasteiger partial charge on any atom is -0.485 e. The summed E-state index contributed by atoms with van der Waals surface area (Å²) in [5.74, 6) is 1.54. The molecule has 0 saturated heterocycles. The van der Waals surface area contributed by atoms with Crippen LogP contribution in [0, 0.1) is 0 Å². The molecule has 1 aliphatic rings. The predicted molar refractivity (Wildman–Crippen MR) is 123 cm³/mol. The second kappa shape index (κ2) is 10.0. The molecule has 8 heteroatoms. The molecular formula is C24H20Cl2N2O4. The summed E-state index contributed by atoms with van der Waals surface area (Å²) in [5.41, 5.74) is 4.00. The van der Waals surface area contributed by atoms with Crippen LogP contribution in [-0.2, 0) is 22.7 Å². The van der Waals surface area contributed by atoms with E-state index in [1.54, 1.807) is 42.5 Å². The van der Waals surface area contributed by atoms with Crippen molar-refractivity contribution in [2.24, 2.45) is 5.16 Å². The molecule has 0 saturated carbocycles. The minimum atomic E-state index is -0.0825. The Bertz CT molecular complexity index is 1160. The van der Waals surface area contributed by atoms with Crippen LogP contribution in [0.25, 0.3) is 0 Å². The van der Waals surface area contributed by atoms with Crippen molar-refractivity contribution in [3.63, 3.8) is 0 Å². The number of aryl methyl sites for hydroxylation is 1. The summed E-state index contributed by atoms with van der Waals surface area (Å²) in [6, 6.07) is 14.4. The molecule has 0 aliphatic carbocycles. The quantitative estimate of drug-likeness (QED) is 0.378. The van der Waals surface area contributed by atoms with Crippen LogP contribution in [0.4, 0.5) is 0 Å². The SMILES string of the molecule is CCCc1nc(Oc2ccc(Cl)cc2)ccc1C1=NOCc2cc(Cl)c(OCC=O)cc21. The van der Waals surface area contributed by atoms with Crippen LogP contribution in [0.2, 0.25) is 10.0 Å². The summed E-state index contributed by atoms with van der Waals surface area (Å²) in [6.07, 6.45) is 2.29. The number of carbonyl (C=O) groups is 1. The zero-order valence-electron chi connectivity index (χ0n) is 17.3. The number of ether oxygens (including phenoxy) is 2. The Hall–Kier alpha value is -3.09. The Balaban J connectivity index is 1.70. The van der Waals surface area contributed by atoms with E-state index >= 15 is 0 Å². The summed E-state index contributed by atoms with van der Waals surface area (Å²) in [5, 5.41) is 5.36. The van der Waals surface area contributed by atoms with Gasteiger partial charge in [0.25, 0.3) is 0 Å². The largest absolute Gasteiger partial charge is 0.485 e. The first kappa shape index (κ1) is 22.1. The molecule has 0 bridgehead atoms. The van der Waals surface area contributed by atoms with Gasteiger partial charge >= 0.3 is 0 Å². The van der Waals surface area contributed by atoms with Crippen LogP contribution < -0.4 is 9.47 Å². The monoisotopic (exact) mass is 470 g/mol. The molecule has 0 unspecified atom stereocenters. The van der Waals surface area contributed by atoms with Gasteiger partial charge in [0, 0.05) is 27.8 Å². The van der Waals surface area contributed by atoms with Gasteiger partial charge in [-0.15, -0.1) is 0 Å². The number of fused-ring (bicyclic) bond motifs is 1. The lowest BCUT2D eigenvalue weighted by Gasteiger charge is -2.20. The topological polar surface area (TPSA) is 70.0 Å². The van der Waals surface area contributed by atoms with Crippen molar-refractivity contribution in [3.05, 3.63) is 81.0 Å². The molecule has 6 nitrogen and oxygen atoms in total. The third-order valence-electron chi connectivity index (χ3n) is 4.82. The number of hydrogen-bond donors (Lipinski definition) is 0. The zero-order chi connectivity index (χ0) is 22.5. The number of hydrogen-bond acceptors (Lipinski definition) is 6. The molecule has 2 aromatic carbocycles. The first-order valence-electron chi connectivity index (χ1n) is 10.1. The fourth-order valence-corrected chi connectivity index (χ4v) is 3.75. The van der Waals surface area contributed by atoms with Gasteiger partial charge in [-0.25, -0.2) is 4.98 Å². The first-order valence-corrected chi connectivity index (χ1v) is 10.9. The molecule has 4 rings (SSSR count). The van der Waals surface area contributed by atoms with E-state index in [1.807, 2.05) is 6.07 Å². The average molecular weight is 471 g/mol. The average Bonchev–Trinajstić information content (AvgIpc) is 2.79. The second-order valence-corrected chi connectivity index (χ2v) is 7.92. The van der Waals surface area contributed by atoms with Gasteiger partial charge in [0.05, 0.1) is 10.7 Å². The highest BCUT2D eigenvalue weighted by Crippen LogP contribution is 2.33. The lowest BCUT2D eigenvalue weighted by molar-refractivity contribution is -0.109. The van der Waals surface area contributed by atoms with Crippen LogP contribution in [0.15, 0.2) is 53.7 Å². The van der Waals surface area contributed by atoms with Gasteiger partial charge in [-0.05, 0) is 48.9 Å². The van der Waals surface area contributed by atoms with E-state index in [-0.39, 0.29) is 6.61 Å². The van der Waals surface area contributed by atoms with Crippen molar-refractivity contribution in [2.75, 3.05) is 6.61 Å². The van der Waals surface area contributed by atoms with Crippen molar-refractivity contribution < 1.29 is 19.1 Å². The molecule has 0 radical (unpaired) electrons. The highest BCUT2D eigenvalue weighted by Gasteiger charge is 2.23. The highest BCUT2D eigenvalue weighted by atomic mass is 35.5. The van der Waals surface area contributed by atoms with Crippen molar-refractivity contribution in [1.29, 1.82) is 0 Å². The summed E-state index contributed by atoms with van der Waals surface area (Å²) < 4.78 is 11.4. The number of benzene rings is 2. The van der Waals surface area contributed by atoms with Crippen molar-refractivity contribution in [3.8, 4) is 17.4 Å². The molecule has 0 N–H and O–H groups in total. The molecule has 1 aliphatic heterocycles. The van der Waals surface area contributed by atoms with E-state index in [0.29, 0.717) is 46.0 Å². The number of aldehydes is 1. The molecule has 2 heterocycles. The van der Waals surface area contributed by atoms with Crippen molar-refractivity contribution in [2.45, 2.75) is 26.4 Å². The fraction of sp³-hybridized carbons (Fsp3) is 0.208. The number of pyridine rings is 1. The normalized spacial score (nSPS) is 12.4. The number of oxime groups is 1. The Morgan fingerprint density at radius 2 is 1.91 bits per heavy atom.